The molecule has 9 heteroatoms. The van der Waals surface area contributed by atoms with Crippen LogP contribution in [-0.2, 0) is 18.0 Å². The van der Waals surface area contributed by atoms with Gasteiger partial charge in [-0.1, -0.05) is 0 Å². The van der Waals surface area contributed by atoms with Gasteiger partial charge >= 0.3 is 6.18 Å². The highest BCUT2D eigenvalue weighted by Crippen LogP contribution is 2.31. The highest BCUT2D eigenvalue weighted by Gasteiger charge is 2.35. The Morgan fingerprint density at radius 1 is 1.32 bits per heavy atom. The van der Waals surface area contributed by atoms with E-state index >= 15 is 0 Å². The highest BCUT2D eigenvalue weighted by molar-refractivity contribution is 5.29. The number of anilines is 1. The van der Waals surface area contributed by atoms with Crippen molar-refractivity contribution >= 4 is 5.95 Å². The molecule has 118 valence electrons. The fourth-order valence-electron chi connectivity index (χ4n) is 2.40. The monoisotopic (exact) mass is 313 g/mol. The molecule has 6 nitrogen and oxygen atoms in total. The lowest BCUT2D eigenvalue weighted by Crippen LogP contribution is -2.26. The number of ether oxygens (including phenoxy) is 1. The van der Waals surface area contributed by atoms with Crippen molar-refractivity contribution in [2.75, 3.05) is 11.9 Å². The normalized spacial score (nSPS) is 22.0. The van der Waals surface area contributed by atoms with Crippen molar-refractivity contribution in [3.05, 3.63) is 36.2 Å². The molecule has 0 aliphatic carbocycles. The van der Waals surface area contributed by atoms with Crippen molar-refractivity contribution in [1.29, 1.82) is 0 Å². The van der Waals surface area contributed by atoms with E-state index in [0.29, 0.717) is 18.9 Å². The summed E-state index contributed by atoms with van der Waals surface area (Å²) in [7, 11) is 1.84. The molecule has 0 spiro atoms. The third-order valence-corrected chi connectivity index (χ3v) is 3.47. The topological polar surface area (TPSA) is 64.9 Å². The fraction of sp³-hybridized carbons (Fsp3) is 0.462. The Morgan fingerprint density at radius 2 is 2.14 bits per heavy atom. The van der Waals surface area contributed by atoms with E-state index in [4.69, 9.17) is 4.74 Å². The number of alkyl halides is 3. The van der Waals surface area contributed by atoms with Crippen LogP contribution in [0.5, 0.6) is 0 Å². The summed E-state index contributed by atoms with van der Waals surface area (Å²) in [4.78, 5) is 11.6. The van der Waals surface area contributed by atoms with Crippen LogP contribution in [-0.4, -0.2) is 32.2 Å². The summed E-state index contributed by atoms with van der Waals surface area (Å²) in [5.41, 5.74) is -0.975. The fourth-order valence-corrected chi connectivity index (χ4v) is 2.40. The van der Waals surface area contributed by atoms with Crippen LogP contribution < -0.4 is 5.32 Å². The number of imidazole rings is 1. The number of nitrogens with zero attached hydrogens (tertiary/aromatic N) is 4. The van der Waals surface area contributed by atoms with Gasteiger partial charge < -0.3 is 14.6 Å². The minimum atomic E-state index is -4.50. The van der Waals surface area contributed by atoms with Gasteiger partial charge in [-0.05, 0) is 12.5 Å². The second-order valence-corrected chi connectivity index (χ2v) is 4.99. The summed E-state index contributed by atoms with van der Waals surface area (Å²) < 4.78 is 45.5. The first kappa shape index (κ1) is 14.8. The smallest absolute Gasteiger partial charge is 0.368 e. The standard InChI is InChI=1S/C13H14F3N5O/c1-21-6-5-17-11(21)10-8(3-7-22-10)19-12-18-4-2-9(20-12)13(14,15)16/h2,4-6,8,10H,3,7H2,1H3,(H,18,19,20)/t8-,10-/m0/s1. The Balaban J connectivity index is 1.79. The molecule has 1 aliphatic rings. The molecule has 0 radical (unpaired) electrons. The third kappa shape index (κ3) is 2.89. The van der Waals surface area contributed by atoms with E-state index in [-0.39, 0.29) is 18.1 Å². The van der Waals surface area contributed by atoms with E-state index < -0.39 is 11.9 Å². The molecule has 2 atom stereocenters. The molecule has 0 amide bonds. The molecule has 0 bridgehead atoms. The first-order valence-corrected chi connectivity index (χ1v) is 6.71. The van der Waals surface area contributed by atoms with Crippen LogP contribution in [0.1, 0.15) is 24.0 Å². The quantitative estimate of drug-likeness (QED) is 0.941. The largest absolute Gasteiger partial charge is 0.433 e. The Hall–Kier alpha value is -2.16. The molecule has 2 aromatic rings. The average molecular weight is 313 g/mol. The molecule has 1 fully saturated rings. The Morgan fingerprint density at radius 3 is 2.82 bits per heavy atom. The van der Waals surface area contributed by atoms with Gasteiger partial charge in [0.2, 0.25) is 5.95 Å². The lowest BCUT2D eigenvalue weighted by atomic mass is 10.1. The van der Waals surface area contributed by atoms with Gasteiger partial charge in [0, 0.05) is 32.2 Å². The van der Waals surface area contributed by atoms with Crippen molar-refractivity contribution in [1.82, 2.24) is 19.5 Å². The van der Waals surface area contributed by atoms with Crippen molar-refractivity contribution in [3.8, 4) is 0 Å². The summed E-state index contributed by atoms with van der Waals surface area (Å²) in [5, 5.41) is 2.92. The minimum Gasteiger partial charge on any atom is -0.368 e. The maximum atomic E-state index is 12.7. The number of hydrogen-bond donors (Lipinski definition) is 1. The van der Waals surface area contributed by atoms with Crippen LogP contribution >= 0.6 is 0 Å². The van der Waals surface area contributed by atoms with Gasteiger partial charge in [-0.2, -0.15) is 13.2 Å². The average Bonchev–Trinajstić information content (AvgIpc) is 3.07. The summed E-state index contributed by atoms with van der Waals surface area (Å²) in [6.45, 7) is 0.494. The minimum absolute atomic E-state index is 0.0652. The SMILES string of the molecule is Cn1ccnc1[C@H]1OCC[C@@H]1Nc1nccc(C(F)(F)F)n1. The Bertz CT molecular complexity index is 657. The Kier molecular flexibility index (Phi) is 3.73. The van der Waals surface area contributed by atoms with Crippen LogP contribution in [0, 0.1) is 0 Å². The molecule has 3 rings (SSSR count). The molecule has 2 aromatic heterocycles. The zero-order valence-electron chi connectivity index (χ0n) is 11.7. The molecular formula is C13H14F3N5O. The van der Waals surface area contributed by atoms with Crippen LogP contribution in [0.15, 0.2) is 24.7 Å². The van der Waals surface area contributed by atoms with Gasteiger partial charge in [-0.25, -0.2) is 15.0 Å². The summed E-state index contributed by atoms with van der Waals surface area (Å²) in [5.74, 6) is 0.645. The molecule has 22 heavy (non-hydrogen) atoms. The van der Waals surface area contributed by atoms with Gasteiger partial charge in [-0.3, -0.25) is 0 Å². The zero-order chi connectivity index (χ0) is 15.7. The predicted molar refractivity (Wildman–Crippen MR) is 71.0 cm³/mol. The van der Waals surface area contributed by atoms with Crippen molar-refractivity contribution in [3.63, 3.8) is 0 Å². The second-order valence-electron chi connectivity index (χ2n) is 4.99. The number of aromatic nitrogens is 4. The molecule has 0 unspecified atom stereocenters. The molecule has 0 aromatic carbocycles. The van der Waals surface area contributed by atoms with E-state index in [0.717, 1.165) is 12.3 Å². The van der Waals surface area contributed by atoms with Crippen LogP contribution in [0.2, 0.25) is 0 Å². The van der Waals surface area contributed by atoms with Gasteiger partial charge in [0.1, 0.15) is 17.6 Å². The van der Waals surface area contributed by atoms with Crippen LogP contribution in [0.4, 0.5) is 19.1 Å². The molecule has 0 saturated carbocycles. The van der Waals surface area contributed by atoms with E-state index in [9.17, 15) is 13.2 Å². The summed E-state index contributed by atoms with van der Waals surface area (Å²) in [6, 6.07) is 0.608. The van der Waals surface area contributed by atoms with Crippen molar-refractivity contribution in [2.45, 2.75) is 24.7 Å². The van der Waals surface area contributed by atoms with Gasteiger partial charge in [0.25, 0.3) is 0 Å². The lowest BCUT2D eigenvalue weighted by molar-refractivity contribution is -0.141. The van der Waals surface area contributed by atoms with Gasteiger partial charge in [0.05, 0.1) is 6.04 Å². The first-order chi connectivity index (χ1) is 10.4. The number of hydrogen-bond acceptors (Lipinski definition) is 5. The maximum Gasteiger partial charge on any atom is 0.433 e. The molecule has 3 heterocycles. The van der Waals surface area contributed by atoms with Crippen LogP contribution in [0.3, 0.4) is 0 Å². The number of halogens is 3. The summed E-state index contributed by atoms with van der Waals surface area (Å²) >= 11 is 0. The summed E-state index contributed by atoms with van der Waals surface area (Å²) in [6.07, 6.45) is 0.313. The van der Waals surface area contributed by atoms with Crippen molar-refractivity contribution in [2.24, 2.45) is 7.05 Å². The van der Waals surface area contributed by atoms with Gasteiger partial charge in [-0.15, -0.1) is 0 Å². The van der Waals surface area contributed by atoms with Crippen molar-refractivity contribution < 1.29 is 17.9 Å². The van der Waals surface area contributed by atoms with Gasteiger partial charge in [0.15, 0.2) is 0 Å². The number of aryl methyl sites for hydroxylation is 1. The molecular weight excluding hydrogens is 299 g/mol. The highest BCUT2D eigenvalue weighted by atomic mass is 19.4. The Labute approximate surface area is 124 Å². The second kappa shape index (κ2) is 5.56. The zero-order valence-corrected chi connectivity index (χ0v) is 11.7. The first-order valence-electron chi connectivity index (χ1n) is 6.71. The van der Waals surface area contributed by atoms with E-state index in [1.165, 1.54) is 0 Å². The third-order valence-electron chi connectivity index (χ3n) is 3.47. The number of rotatable bonds is 3. The van der Waals surface area contributed by atoms with E-state index in [1.807, 2.05) is 11.6 Å². The van der Waals surface area contributed by atoms with E-state index in [1.54, 1.807) is 12.4 Å². The molecule has 1 aliphatic heterocycles. The van der Waals surface area contributed by atoms with E-state index in [2.05, 4.69) is 20.3 Å². The maximum absolute atomic E-state index is 12.7. The lowest BCUT2D eigenvalue weighted by Gasteiger charge is -2.19. The number of nitrogens with one attached hydrogen (secondary N) is 1. The molecule has 1 N–H and O–H groups in total. The molecule has 1 saturated heterocycles. The predicted octanol–water partition coefficient (Wildman–Crippen LogP) is 2.17. The van der Waals surface area contributed by atoms with Crippen LogP contribution in [0.25, 0.3) is 0 Å².